The van der Waals surface area contributed by atoms with E-state index in [1.54, 1.807) is 17.3 Å². The molecule has 2 aliphatic rings. The summed E-state index contributed by atoms with van der Waals surface area (Å²) in [6.45, 7) is 2.50. The molecule has 8 nitrogen and oxygen atoms in total. The predicted molar refractivity (Wildman–Crippen MR) is 92.0 cm³/mol. The number of amides is 2. The molecular weight excluding hydrogens is 320 g/mol. The molecule has 0 unspecified atom stereocenters. The minimum Gasteiger partial charge on any atom is -0.348 e. The molecule has 8 heteroatoms. The van der Waals surface area contributed by atoms with Crippen molar-refractivity contribution in [3.63, 3.8) is 0 Å². The Balaban J connectivity index is 1.33. The Bertz CT molecular complexity index is 795. The van der Waals surface area contributed by atoms with Crippen molar-refractivity contribution in [1.29, 1.82) is 0 Å². The number of rotatable bonds is 3. The van der Waals surface area contributed by atoms with Crippen LogP contribution < -0.4 is 5.32 Å². The van der Waals surface area contributed by atoms with Gasteiger partial charge in [-0.2, -0.15) is 0 Å². The monoisotopic (exact) mass is 342 g/mol. The quantitative estimate of drug-likeness (QED) is 0.841. The number of nitrogens with one attached hydrogen (secondary N) is 2. The van der Waals surface area contributed by atoms with Gasteiger partial charge in [-0.1, -0.05) is 0 Å². The van der Waals surface area contributed by atoms with Gasteiger partial charge in [-0.15, -0.1) is 0 Å². The highest BCUT2D eigenvalue weighted by Crippen LogP contribution is 2.21. The molecule has 25 heavy (non-hydrogen) atoms. The number of hydrogen-bond donors (Lipinski definition) is 2. The van der Waals surface area contributed by atoms with E-state index < -0.39 is 0 Å². The van der Waals surface area contributed by atoms with Crippen LogP contribution in [0, 0.1) is 0 Å². The molecule has 2 N–H and O–H groups in total. The Kier molecular flexibility index (Phi) is 4.12. The van der Waals surface area contributed by atoms with Crippen LogP contribution in [-0.4, -0.2) is 75.3 Å². The van der Waals surface area contributed by atoms with Crippen LogP contribution in [0.25, 0.3) is 11.2 Å². The number of aromatic amines is 1. The van der Waals surface area contributed by atoms with Gasteiger partial charge in [0.1, 0.15) is 5.69 Å². The molecule has 4 rings (SSSR count). The van der Waals surface area contributed by atoms with Crippen LogP contribution in [0.15, 0.2) is 18.5 Å². The van der Waals surface area contributed by atoms with Gasteiger partial charge in [0.15, 0.2) is 5.65 Å². The number of likely N-dealkylation sites (N-methyl/N-ethyl adjacent to an activating group) is 1. The smallest absolute Gasteiger partial charge is 0.270 e. The summed E-state index contributed by atoms with van der Waals surface area (Å²) in [4.78, 5) is 39.9. The van der Waals surface area contributed by atoms with E-state index in [9.17, 15) is 9.59 Å². The van der Waals surface area contributed by atoms with Crippen molar-refractivity contribution in [2.24, 2.45) is 0 Å². The van der Waals surface area contributed by atoms with Gasteiger partial charge >= 0.3 is 0 Å². The van der Waals surface area contributed by atoms with Crippen LogP contribution in [0.3, 0.4) is 0 Å². The first-order valence-corrected chi connectivity index (χ1v) is 8.72. The number of nitrogens with zero attached hydrogens (tertiary/aromatic N) is 4. The molecule has 2 aromatic rings. The highest BCUT2D eigenvalue weighted by molar-refractivity contribution is 5.94. The third-order valence-electron chi connectivity index (χ3n) is 5.22. The molecule has 1 atom stereocenters. The highest BCUT2D eigenvalue weighted by Gasteiger charge is 2.35. The minimum atomic E-state index is -0.167. The SMILES string of the molecule is CN1CC[C@H](N2CCC(NC(=O)c3ccc4[nH]cnc4n3)CC2)C1=O. The predicted octanol–water partition coefficient (Wildman–Crippen LogP) is 0.383. The van der Waals surface area contributed by atoms with Gasteiger partial charge in [-0.25, -0.2) is 9.97 Å². The van der Waals surface area contributed by atoms with Crippen LogP contribution in [0.1, 0.15) is 29.8 Å². The van der Waals surface area contributed by atoms with Crippen molar-refractivity contribution in [1.82, 2.24) is 30.1 Å². The Labute approximate surface area is 145 Å². The largest absolute Gasteiger partial charge is 0.348 e. The zero-order valence-corrected chi connectivity index (χ0v) is 14.2. The molecular formula is C17H22N6O2. The van der Waals surface area contributed by atoms with E-state index in [0.717, 1.165) is 44.4 Å². The first kappa shape index (κ1) is 16.0. The lowest BCUT2D eigenvalue weighted by molar-refractivity contribution is -0.131. The summed E-state index contributed by atoms with van der Waals surface area (Å²) in [5.74, 6) is 0.0546. The number of fused-ring (bicyclic) bond motifs is 1. The summed E-state index contributed by atoms with van der Waals surface area (Å²) < 4.78 is 0. The third-order valence-corrected chi connectivity index (χ3v) is 5.22. The summed E-state index contributed by atoms with van der Waals surface area (Å²) >= 11 is 0. The van der Waals surface area contributed by atoms with Gasteiger partial charge in [0.05, 0.1) is 17.9 Å². The number of H-pyrrole nitrogens is 1. The average Bonchev–Trinajstić information content (AvgIpc) is 3.22. The maximum absolute atomic E-state index is 12.4. The summed E-state index contributed by atoms with van der Waals surface area (Å²) in [6, 6.07) is 3.66. The molecule has 0 spiro atoms. The number of pyridine rings is 1. The number of carbonyl (C=O) groups excluding carboxylic acids is 2. The van der Waals surface area contributed by atoms with E-state index in [2.05, 4.69) is 25.2 Å². The van der Waals surface area contributed by atoms with E-state index in [0.29, 0.717) is 11.3 Å². The molecule has 0 radical (unpaired) electrons. The number of carbonyl (C=O) groups is 2. The van der Waals surface area contributed by atoms with E-state index in [4.69, 9.17) is 0 Å². The third kappa shape index (κ3) is 3.09. The first-order valence-electron chi connectivity index (χ1n) is 8.72. The summed E-state index contributed by atoms with van der Waals surface area (Å²) in [5.41, 5.74) is 1.75. The summed E-state index contributed by atoms with van der Waals surface area (Å²) in [6.07, 6.45) is 4.17. The Hall–Kier alpha value is -2.48. The molecule has 2 amide bonds. The molecule has 132 valence electrons. The van der Waals surface area contributed by atoms with Crippen LogP contribution in [0.4, 0.5) is 0 Å². The second kappa shape index (κ2) is 6.44. The van der Waals surface area contributed by atoms with Crippen LogP contribution in [0.2, 0.25) is 0 Å². The number of aromatic nitrogens is 3. The van der Waals surface area contributed by atoms with Crippen molar-refractivity contribution >= 4 is 23.0 Å². The first-order chi connectivity index (χ1) is 12.1. The zero-order valence-electron chi connectivity index (χ0n) is 14.2. The van der Waals surface area contributed by atoms with Gasteiger partial charge in [-0.3, -0.25) is 14.5 Å². The van der Waals surface area contributed by atoms with Crippen molar-refractivity contribution in [3.8, 4) is 0 Å². The maximum atomic E-state index is 12.4. The topological polar surface area (TPSA) is 94.2 Å². The van der Waals surface area contributed by atoms with Gasteiger partial charge in [0.25, 0.3) is 5.91 Å². The standard InChI is InChI=1S/C17H22N6O2/c1-22-7-6-14(17(22)25)23-8-4-11(5-9-23)20-16(24)13-3-2-12-15(21-13)19-10-18-12/h2-3,10-11,14H,4-9H2,1H3,(H,20,24)(H,18,19,21)/t14-/m0/s1. The van der Waals surface area contributed by atoms with Crippen molar-refractivity contribution in [2.45, 2.75) is 31.3 Å². The highest BCUT2D eigenvalue weighted by atomic mass is 16.2. The molecule has 0 saturated carbocycles. The number of piperidine rings is 1. The molecule has 2 fully saturated rings. The van der Waals surface area contributed by atoms with Gasteiger partial charge in [-0.05, 0) is 31.4 Å². The van der Waals surface area contributed by atoms with E-state index in [1.165, 1.54) is 0 Å². The molecule has 0 aliphatic carbocycles. The molecule has 2 aromatic heterocycles. The van der Waals surface area contributed by atoms with Gasteiger partial charge in [0, 0.05) is 32.7 Å². The van der Waals surface area contributed by atoms with Crippen LogP contribution in [0.5, 0.6) is 0 Å². The van der Waals surface area contributed by atoms with Crippen LogP contribution in [-0.2, 0) is 4.79 Å². The van der Waals surface area contributed by atoms with Gasteiger partial charge < -0.3 is 15.2 Å². The normalized spacial score (nSPS) is 22.7. The lowest BCUT2D eigenvalue weighted by Gasteiger charge is -2.35. The molecule has 2 aliphatic heterocycles. The van der Waals surface area contributed by atoms with E-state index >= 15 is 0 Å². The van der Waals surface area contributed by atoms with E-state index in [1.807, 2.05) is 13.1 Å². The fourth-order valence-electron chi connectivity index (χ4n) is 3.71. The Morgan fingerprint density at radius 2 is 2.04 bits per heavy atom. The Morgan fingerprint density at radius 3 is 2.76 bits per heavy atom. The fraction of sp³-hybridized carbons (Fsp3) is 0.529. The lowest BCUT2D eigenvalue weighted by Crippen LogP contribution is -2.50. The molecule has 2 saturated heterocycles. The molecule has 0 bridgehead atoms. The molecule has 0 aromatic carbocycles. The van der Waals surface area contributed by atoms with Crippen molar-refractivity contribution in [3.05, 3.63) is 24.2 Å². The van der Waals surface area contributed by atoms with E-state index in [-0.39, 0.29) is 23.9 Å². The number of hydrogen-bond acceptors (Lipinski definition) is 5. The summed E-state index contributed by atoms with van der Waals surface area (Å²) in [7, 11) is 1.86. The van der Waals surface area contributed by atoms with Crippen molar-refractivity contribution < 1.29 is 9.59 Å². The number of imidazole rings is 1. The Morgan fingerprint density at radius 1 is 1.24 bits per heavy atom. The molecule has 4 heterocycles. The van der Waals surface area contributed by atoms with Gasteiger partial charge in [0.2, 0.25) is 5.91 Å². The van der Waals surface area contributed by atoms with Crippen molar-refractivity contribution in [2.75, 3.05) is 26.7 Å². The fourth-order valence-corrected chi connectivity index (χ4v) is 3.71. The maximum Gasteiger partial charge on any atom is 0.270 e. The minimum absolute atomic E-state index is 0.0189. The second-order valence-electron chi connectivity index (χ2n) is 6.82. The van der Waals surface area contributed by atoms with Crippen LogP contribution >= 0.6 is 0 Å². The number of likely N-dealkylation sites (tertiary alicyclic amines) is 2. The second-order valence-corrected chi connectivity index (χ2v) is 6.82. The lowest BCUT2D eigenvalue weighted by atomic mass is 10.0. The average molecular weight is 342 g/mol. The zero-order chi connectivity index (χ0) is 17.4. The summed E-state index contributed by atoms with van der Waals surface area (Å²) in [5, 5.41) is 3.06.